The minimum absolute atomic E-state index is 0.0431. The largest absolute Gasteiger partial charge is 0.379 e. The van der Waals surface area contributed by atoms with Gasteiger partial charge in [0.2, 0.25) is 0 Å². The van der Waals surface area contributed by atoms with Crippen LogP contribution in [0.25, 0.3) is 10.8 Å². The Balaban J connectivity index is 1.45. The second-order valence-corrected chi connectivity index (χ2v) is 7.87. The summed E-state index contributed by atoms with van der Waals surface area (Å²) in [6.07, 6.45) is 0.719. The van der Waals surface area contributed by atoms with Crippen molar-refractivity contribution >= 4 is 22.4 Å². The van der Waals surface area contributed by atoms with Crippen molar-refractivity contribution in [3.8, 4) is 0 Å². The summed E-state index contributed by atoms with van der Waals surface area (Å²) in [5.74, 6) is 0.0431. The Morgan fingerprint density at radius 2 is 1.67 bits per heavy atom. The molecule has 5 heteroatoms. The van der Waals surface area contributed by atoms with Gasteiger partial charge in [0.15, 0.2) is 0 Å². The summed E-state index contributed by atoms with van der Waals surface area (Å²) in [4.78, 5) is 15.4. The van der Waals surface area contributed by atoms with E-state index < -0.39 is 0 Å². The van der Waals surface area contributed by atoms with E-state index in [1.165, 1.54) is 10.8 Å². The number of nitrogens with zero attached hydrogens (tertiary/aromatic N) is 3. The Kier molecular flexibility index (Phi) is 5.30. The SMILES string of the molecule is O=C(CN1CCOCC1)N1N=C(c2ccc3ccccc3c2)CC1c1ccccc1. The molecule has 1 fully saturated rings. The molecular weight excluding hydrogens is 374 g/mol. The number of morpholine rings is 1. The number of carbonyl (C=O) groups excluding carboxylic acids is 1. The van der Waals surface area contributed by atoms with Gasteiger partial charge in [-0.3, -0.25) is 9.69 Å². The molecule has 0 aliphatic carbocycles. The normalized spacial score (nSPS) is 19.8. The van der Waals surface area contributed by atoms with E-state index in [1.54, 1.807) is 5.01 Å². The maximum Gasteiger partial charge on any atom is 0.257 e. The van der Waals surface area contributed by atoms with Crippen molar-refractivity contribution in [3.63, 3.8) is 0 Å². The number of carbonyl (C=O) groups is 1. The van der Waals surface area contributed by atoms with E-state index in [9.17, 15) is 4.79 Å². The maximum absolute atomic E-state index is 13.2. The van der Waals surface area contributed by atoms with Crippen LogP contribution in [0.4, 0.5) is 0 Å². The molecule has 0 spiro atoms. The van der Waals surface area contributed by atoms with Gasteiger partial charge in [0, 0.05) is 19.5 Å². The van der Waals surface area contributed by atoms with Crippen molar-refractivity contribution in [2.75, 3.05) is 32.8 Å². The number of hydrazone groups is 1. The summed E-state index contributed by atoms with van der Waals surface area (Å²) >= 11 is 0. The predicted octanol–water partition coefficient (Wildman–Crippen LogP) is 3.85. The number of amides is 1. The minimum atomic E-state index is -0.0683. The highest BCUT2D eigenvalue weighted by atomic mass is 16.5. The fourth-order valence-electron chi connectivity index (χ4n) is 4.24. The first-order valence-electron chi connectivity index (χ1n) is 10.5. The van der Waals surface area contributed by atoms with E-state index in [4.69, 9.17) is 9.84 Å². The van der Waals surface area contributed by atoms with E-state index in [0.29, 0.717) is 19.8 Å². The summed E-state index contributed by atoms with van der Waals surface area (Å²) in [6.45, 7) is 3.32. The van der Waals surface area contributed by atoms with Gasteiger partial charge in [-0.15, -0.1) is 0 Å². The lowest BCUT2D eigenvalue weighted by Gasteiger charge is -2.29. The molecule has 1 unspecified atom stereocenters. The molecule has 5 rings (SSSR count). The first-order chi connectivity index (χ1) is 14.8. The summed E-state index contributed by atoms with van der Waals surface area (Å²) in [5.41, 5.74) is 3.16. The van der Waals surface area contributed by atoms with Crippen molar-refractivity contribution in [3.05, 3.63) is 83.9 Å². The fraction of sp³-hybridized carbons (Fsp3) is 0.280. The number of ether oxygens (including phenoxy) is 1. The number of hydrogen-bond donors (Lipinski definition) is 0. The van der Waals surface area contributed by atoms with Gasteiger partial charge < -0.3 is 4.74 Å². The van der Waals surface area contributed by atoms with Crippen LogP contribution >= 0.6 is 0 Å². The standard InChI is InChI=1S/C25H25N3O2/c29-25(18-27-12-14-30-15-13-27)28-24(20-7-2-1-3-8-20)17-23(26-28)22-11-10-19-6-4-5-9-21(19)16-22/h1-11,16,24H,12-15,17-18H2. The number of hydrogen-bond acceptors (Lipinski definition) is 4. The van der Waals surface area contributed by atoms with Gasteiger partial charge in [-0.05, 0) is 28.0 Å². The third-order valence-electron chi connectivity index (χ3n) is 5.90. The fourth-order valence-corrected chi connectivity index (χ4v) is 4.24. The number of fused-ring (bicyclic) bond motifs is 1. The smallest absolute Gasteiger partial charge is 0.257 e. The van der Waals surface area contributed by atoms with Gasteiger partial charge in [0.05, 0.1) is 31.5 Å². The van der Waals surface area contributed by atoms with Crippen LogP contribution in [0.1, 0.15) is 23.6 Å². The molecule has 152 valence electrons. The highest BCUT2D eigenvalue weighted by Gasteiger charge is 2.33. The molecule has 1 atom stereocenters. The van der Waals surface area contributed by atoms with Gasteiger partial charge in [-0.25, -0.2) is 5.01 Å². The molecule has 30 heavy (non-hydrogen) atoms. The average Bonchev–Trinajstić information content (AvgIpc) is 3.26. The van der Waals surface area contributed by atoms with Crippen LogP contribution < -0.4 is 0 Å². The van der Waals surface area contributed by atoms with E-state index >= 15 is 0 Å². The van der Waals surface area contributed by atoms with E-state index in [-0.39, 0.29) is 11.9 Å². The molecule has 0 aromatic heterocycles. The molecule has 0 saturated carbocycles. The molecule has 0 N–H and O–H groups in total. The minimum Gasteiger partial charge on any atom is -0.379 e. The Morgan fingerprint density at radius 1 is 0.933 bits per heavy atom. The molecule has 3 aromatic rings. The molecule has 1 saturated heterocycles. The van der Waals surface area contributed by atoms with Gasteiger partial charge in [0.1, 0.15) is 0 Å². The molecule has 0 bridgehead atoms. The van der Waals surface area contributed by atoms with E-state index in [1.807, 2.05) is 30.3 Å². The van der Waals surface area contributed by atoms with Crippen molar-refractivity contribution in [2.24, 2.45) is 5.10 Å². The zero-order chi connectivity index (χ0) is 20.3. The highest BCUT2D eigenvalue weighted by molar-refractivity contribution is 6.05. The molecular formula is C25H25N3O2. The van der Waals surface area contributed by atoms with Crippen LogP contribution in [-0.2, 0) is 9.53 Å². The van der Waals surface area contributed by atoms with Gasteiger partial charge in [0.25, 0.3) is 5.91 Å². The second kappa shape index (κ2) is 8.38. The van der Waals surface area contributed by atoms with Crippen LogP contribution in [0.15, 0.2) is 77.9 Å². The molecule has 2 heterocycles. The predicted molar refractivity (Wildman–Crippen MR) is 118 cm³/mol. The van der Waals surface area contributed by atoms with E-state index in [0.717, 1.165) is 36.3 Å². The van der Waals surface area contributed by atoms with Gasteiger partial charge in [-0.2, -0.15) is 5.10 Å². The number of benzene rings is 3. The maximum atomic E-state index is 13.2. The quantitative estimate of drug-likeness (QED) is 0.669. The Labute approximate surface area is 176 Å². The zero-order valence-electron chi connectivity index (χ0n) is 16.9. The van der Waals surface area contributed by atoms with Crippen molar-refractivity contribution in [1.82, 2.24) is 9.91 Å². The summed E-state index contributed by atoms with van der Waals surface area (Å²) < 4.78 is 5.41. The molecule has 3 aromatic carbocycles. The van der Waals surface area contributed by atoms with Crippen molar-refractivity contribution in [2.45, 2.75) is 12.5 Å². The van der Waals surface area contributed by atoms with Crippen LogP contribution in [-0.4, -0.2) is 54.4 Å². The third kappa shape index (κ3) is 3.86. The monoisotopic (exact) mass is 399 g/mol. The highest BCUT2D eigenvalue weighted by Crippen LogP contribution is 2.33. The van der Waals surface area contributed by atoms with Crippen LogP contribution in [0.2, 0.25) is 0 Å². The van der Waals surface area contributed by atoms with Crippen LogP contribution in [0, 0.1) is 0 Å². The topological polar surface area (TPSA) is 45.1 Å². The number of rotatable bonds is 4. The molecule has 0 radical (unpaired) electrons. The van der Waals surface area contributed by atoms with Crippen LogP contribution in [0.3, 0.4) is 0 Å². The third-order valence-corrected chi connectivity index (χ3v) is 5.90. The van der Waals surface area contributed by atoms with Crippen LogP contribution in [0.5, 0.6) is 0 Å². The molecule has 5 nitrogen and oxygen atoms in total. The van der Waals surface area contributed by atoms with Crippen molar-refractivity contribution in [1.29, 1.82) is 0 Å². The average molecular weight is 399 g/mol. The molecule has 1 amide bonds. The van der Waals surface area contributed by atoms with Gasteiger partial charge in [-0.1, -0.05) is 66.7 Å². The summed E-state index contributed by atoms with van der Waals surface area (Å²) in [6, 6.07) is 24.9. The summed E-state index contributed by atoms with van der Waals surface area (Å²) in [7, 11) is 0. The lowest BCUT2D eigenvalue weighted by molar-refractivity contribution is -0.135. The lowest BCUT2D eigenvalue weighted by Crippen LogP contribution is -2.43. The molecule has 2 aliphatic rings. The Bertz CT molecular complexity index is 1070. The van der Waals surface area contributed by atoms with E-state index in [2.05, 4.69) is 47.4 Å². The lowest BCUT2D eigenvalue weighted by atomic mass is 9.97. The summed E-state index contributed by atoms with van der Waals surface area (Å²) in [5, 5.41) is 8.93. The second-order valence-electron chi connectivity index (χ2n) is 7.87. The first-order valence-corrected chi connectivity index (χ1v) is 10.5. The van der Waals surface area contributed by atoms with Crippen molar-refractivity contribution < 1.29 is 9.53 Å². The van der Waals surface area contributed by atoms with Gasteiger partial charge >= 0.3 is 0 Å². The zero-order valence-corrected chi connectivity index (χ0v) is 16.9. The molecule has 2 aliphatic heterocycles. The first kappa shape index (κ1) is 19.0. The Hall–Kier alpha value is -3.02. The Morgan fingerprint density at radius 3 is 2.47 bits per heavy atom.